The lowest BCUT2D eigenvalue weighted by atomic mass is 10.1. The van der Waals surface area contributed by atoms with Crippen LogP contribution in [0.2, 0.25) is 0 Å². The van der Waals surface area contributed by atoms with Gasteiger partial charge in [-0.15, -0.1) is 11.8 Å². The Hall–Kier alpha value is -2.02. The molecule has 1 heterocycles. The Balaban J connectivity index is 1.48. The molecule has 0 fully saturated rings. The topological polar surface area (TPSA) is 47.9 Å². The molecule has 0 atom stereocenters. The Morgan fingerprint density at radius 3 is 2.45 bits per heavy atom. The molecule has 0 radical (unpaired) electrons. The predicted molar refractivity (Wildman–Crippen MR) is 124 cm³/mol. The molecule has 2 aromatic carbocycles. The smallest absolute Gasteiger partial charge is 0.285 e. The zero-order chi connectivity index (χ0) is 20.5. The van der Waals surface area contributed by atoms with Crippen LogP contribution in [0.25, 0.3) is 6.08 Å². The van der Waals surface area contributed by atoms with Gasteiger partial charge < -0.3 is 9.47 Å². The Labute approximate surface area is 180 Å². The molecule has 3 rings (SSSR count). The van der Waals surface area contributed by atoms with E-state index in [4.69, 9.17) is 9.47 Å². The molecule has 152 valence electrons. The van der Waals surface area contributed by atoms with Gasteiger partial charge >= 0.3 is 0 Å². The highest BCUT2D eigenvalue weighted by Gasteiger charge is 2.20. The van der Waals surface area contributed by atoms with E-state index in [1.54, 1.807) is 0 Å². The minimum Gasteiger partial charge on any atom is -0.489 e. The molecule has 0 saturated carbocycles. The number of aliphatic imine (C=N–C) groups is 1. The summed E-state index contributed by atoms with van der Waals surface area (Å²) >= 11 is 2.91. The van der Waals surface area contributed by atoms with Gasteiger partial charge in [-0.3, -0.25) is 4.79 Å². The SMILES string of the molecule is CCOCCCc1ccc(COc2ccc(C=C3SC(SC)=NC3=O)cc2)cc1. The molecule has 6 heteroatoms. The Kier molecular flexibility index (Phi) is 8.40. The number of aryl methyl sites for hydroxylation is 1. The molecule has 0 spiro atoms. The fraction of sp³-hybridized carbons (Fsp3) is 0.304. The van der Waals surface area contributed by atoms with Crippen molar-refractivity contribution in [1.29, 1.82) is 0 Å². The van der Waals surface area contributed by atoms with Crippen LogP contribution >= 0.6 is 23.5 Å². The van der Waals surface area contributed by atoms with Crippen molar-refractivity contribution < 1.29 is 14.3 Å². The first-order valence-electron chi connectivity index (χ1n) is 9.63. The molecule has 0 aromatic heterocycles. The first-order chi connectivity index (χ1) is 14.2. The minimum absolute atomic E-state index is 0.166. The number of rotatable bonds is 9. The highest BCUT2D eigenvalue weighted by atomic mass is 32.2. The number of benzene rings is 2. The second-order valence-corrected chi connectivity index (χ2v) is 8.56. The van der Waals surface area contributed by atoms with Gasteiger partial charge in [0.2, 0.25) is 0 Å². The number of carbonyl (C=O) groups excluding carboxylic acids is 1. The molecule has 1 aliphatic rings. The van der Waals surface area contributed by atoms with Gasteiger partial charge in [0.15, 0.2) is 0 Å². The number of nitrogens with zero attached hydrogens (tertiary/aromatic N) is 1. The fourth-order valence-corrected chi connectivity index (χ4v) is 4.20. The van der Waals surface area contributed by atoms with Crippen LogP contribution < -0.4 is 4.74 Å². The van der Waals surface area contributed by atoms with Crippen LogP contribution in [0.3, 0.4) is 0 Å². The predicted octanol–water partition coefficient (Wildman–Crippen LogP) is 5.57. The summed E-state index contributed by atoms with van der Waals surface area (Å²) in [5, 5.41) is 0. The summed E-state index contributed by atoms with van der Waals surface area (Å²) in [5.74, 6) is 0.639. The highest BCUT2D eigenvalue weighted by molar-refractivity contribution is 8.40. The van der Waals surface area contributed by atoms with Gasteiger partial charge in [-0.1, -0.05) is 48.2 Å². The van der Waals surface area contributed by atoms with E-state index in [9.17, 15) is 4.79 Å². The second kappa shape index (κ2) is 11.2. The van der Waals surface area contributed by atoms with Gasteiger partial charge in [0.25, 0.3) is 5.91 Å². The van der Waals surface area contributed by atoms with Crippen molar-refractivity contribution >= 4 is 39.9 Å². The molecule has 1 aliphatic heterocycles. The van der Waals surface area contributed by atoms with Crippen molar-refractivity contribution in [3.05, 3.63) is 70.1 Å². The summed E-state index contributed by atoms with van der Waals surface area (Å²) < 4.78 is 12.1. The van der Waals surface area contributed by atoms with Gasteiger partial charge in [-0.25, -0.2) is 0 Å². The Bertz CT molecular complexity index is 874. The normalized spacial score (nSPS) is 15.0. The van der Waals surface area contributed by atoms with Crippen LogP contribution in [0.4, 0.5) is 0 Å². The van der Waals surface area contributed by atoms with Crippen molar-refractivity contribution in [2.75, 3.05) is 19.5 Å². The van der Waals surface area contributed by atoms with Gasteiger partial charge in [0.05, 0.1) is 4.91 Å². The van der Waals surface area contributed by atoms with E-state index in [1.165, 1.54) is 29.1 Å². The number of amides is 1. The third-order valence-electron chi connectivity index (χ3n) is 4.34. The van der Waals surface area contributed by atoms with Crippen LogP contribution in [0, 0.1) is 0 Å². The number of ether oxygens (including phenoxy) is 2. The molecule has 29 heavy (non-hydrogen) atoms. The van der Waals surface area contributed by atoms with E-state index in [1.807, 2.05) is 43.5 Å². The minimum atomic E-state index is -0.166. The summed E-state index contributed by atoms with van der Waals surface area (Å²) in [7, 11) is 0. The molecule has 0 N–H and O–H groups in total. The van der Waals surface area contributed by atoms with Crippen molar-refractivity contribution in [2.45, 2.75) is 26.4 Å². The van der Waals surface area contributed by atoms with Crippen molar-refractivity contribution in [1.82, 2.24) is 0 Å². The summed E-state index contributed by atoms with van der Waals surface area (Å²) in [5.41, 5.74) is 3.42. The number of carbonyl (C=O) groups is 1. The van der Waals surface area contributed by atoms with Crippen LogP contribution in [0.5, 0.6) is 5.75 Å². The van der Waals surface area contributed by atoms with Gasteiger partial charge in [0.1, 0.15) is 16.7 Å². The van der Waals surface area contributed by atoms with Crippen LogP contribution in [0.1, 0.15) is 30.0 Å². The first kappa shape index (κ1) is 21.7. The lowest BCUT2D eigenvalue weighted by molar-refractivity contribution is -0.113. The number of thioether (sulfide) groups is 2. The summed E-state index contributed by atoms with van der Waals surface area (Å²) in [4.78, 5) is 16.5. The maximum atomic E-state index is 11.9. The summed E-state index contributed by atoms with van der Waals surface area (Å²) in [6.45, 7) is 4.14. The van der Waals surface area contributed by atoms with E-state index >= 15 is 0 Å². The zero-order valence-electron chi connectivity index (χ0n) is 16.7. The molecule has 1 amide bonds. The van der Waals surface area contributed by atoms with Crippen molar-refractivity contribution in [3.8, 4) is 5.75 Å². The molecular formula is C23H25NO3S2. The zero-order valence-corrected chi connectivity index (χ0v) is 18.4. The maximum absolute atomic E-state index is 11.9. The van der Waals surface area contributed by atoms with Gasteiger partial charge in [0, 0.05) is 13.2 Å². The average Bonchev–Trinajstić information content (AvgIpc) is 3.11. The largest absolute Gasteiger partial charge is 0.489 e. The molecule has 0 unspecified atom stereocenters. The monoisotopic (exact) mass is 427 g/mol. The lowest BCUT2D eigenvalue weighted by Gasteiger charge is -2.08. The van der Waals surface area contributed by atoms with Gasteiger partial charge in [-0.05, 0) is 60.9 Å². The van der Waals surface area contributed by atoms with E-state index in [-0.39, 0.29) is 5.91 Å². The van der Waals surface area contributed by atoms with Crippen LogP contribution in [-0.4, -0.2) is 29.8 Å². The van der Waals surface area contributed by atoms with E-state index in [0.717, 1.165) is 47.3 Å². The summed E-state index contributed by atoms with van der Waals surface area (Å²) in [6, 6.07) is 16.3. The third-order valence-corrected chi connectivity index (χ3v) is 6.31. The van der Waals surface area contributed by atoms with Crippen molar-refractivity contribution in [2.24, 2.45) is 4.99 Å². The maximum Gasteiger partial charge on any atom is 0.285 e. The molecule has 4 nitrogen and oxygen atoms in total. The van der Waals surface area contributed by atoms with Crippen LogP contribution in [0.15, 0.2) is 58.4 Å². The van der Waals surface area contributed by atoms with E-state index in [2.05, 4.69) is 29.3 Å². The molecule has 2 aromatic rings. The van der Waals surface area contributed by atoms with Crippen LogP contribution in [-0.2, 0) is 22.6 Å². The van der Waals surface area contributed by atoms with E-state index < -0.39 is 0 Å². The standard InChI is InChI=1S/C23H25NO3S2/c1-3-26-14-4-5-17-6-8-19(9-7-17)16-27-20-12-10-18(11-13-20)15-21-22(25)24-23(28-2)29-21/h6-13,15H,3-5,14,16H2,1-2H3. The van der Waals surface area contributed by atoms with Gasteiger partial charge in [-0.2, -0.15) is 4.99 Å². The summed E-state index contributed by atoms with van der Waals surface area (Å²) in [6.07, 6.45) is 5.86. The highest BCUT2D eigenvalue weighted by Crippen LogP contribution is 2.32. The quantitative estimate of drug-likeness (QED) is 0.387. The average molecular weight is 428 g/mol. The number of hydrogen-bond acceptors (Lipinski definition) is 5. The lowest BCUT2D eigenvalue weighted by Crippen LogP contribution is -1.98. The third kappa shape index (κ3) is 6.77. The fourth-order valence-electron chi connectivity index (χ4n) is 2.78. The van der Waals surface area contributed by atoms with Crippen molar-refractivity contribution in [3.63, 3.8) is 0 Å². The first-order valence-corrected chi connectivity index (χ1v) is 11.7. The second-order valence-electron chi connectivity index (χ2n) is 6.47. The Morgan fingerprint density at radius 2 is 1.79 bits per heavy atom. The van der Waals surface area contributed by atoms with E-state index in [0.29, 0.717) is 11.5 Å². The molecule has 0 saturated heterocycles. The Morgan fingerprint density at radius 1 is 1.07 bits per heavy atom. The number of hydrogen-bond donors (Lipinski definition) is 0. The molecule has 0 bridgehead atoms. The molecule has 0 aliphatic carbocycles. The molecular weight excluding hydrogens is 402 g/mol.